The summed E-state index contributed by atoms with van der Waals surface area (Å²) in [6, 6.07) is 4.88. The number of thiazole rings is 1. The second kappa shape index (κ2) is 4.35. The van der Waals surface area contributed by atoms with E-state index in [1.807, 2.05) is 32.5 Å². The number of aryl methyl sites for hydroxylation is 1. The van der Waals surface area contributed by atoms with E-state index in [-0.39, 0.29) is 5.82 Å². The molecule has 98 valence electrons. The number of anilines is 1. The number of aromatic nitrogens is 2. The van der Waals surface area contributed by atoms with E-state index >= 15 is 0 Å². The summed E-state index contributed by atoms with van der Waals surface area (Å²) in [5.74, 6) is -0.219. The number of fused-ring (bicyclic) bond motifs is 1. The van der Waals surface area contributed by atoms with Crippen molar-refractivity contribution in [3.63, 3.8) is 0 Å². The summed E-state index contributed by atoms with van der Waals surface area (Å²) in [7, 11) is 3.84. The van der Waals surface area contributed by atoms with E-state index in [1.165, 1.54) is 6.07 Å². The highest BCUT2D eigenvalue weighted by molar-refractivity contribution is 7.14. The Hall–Kier alpha value is -1.88. The number of hydrogen-bond acceptors (Lipinski definition) is 3. The van der Waals surface area contributed by atoms with Gasteiger partial charge in [-0.3, -0.25) is 0 Å². The van der Waals surface area contributed by atoms with Crippen molar-refractivity contribution in [2.45, 2.75) is 6.92 Å². The Morgan fingerprint density at radius 3 is 2.84 bits per heavy atom. The molecule has 0 saturated carbocycles. The molecule has 2 heterocycles. The van der Waals surface area contributed by atoms with Crippen molar-refractivity contribution in [1.29, 1.82) is 0 Å². The monoisotopic (exact) mass is 275 g/mol. The summed E-state index contributed by atoms with van der Waals surface area (Å²) >= 11 is 1.55. The number of benzene rings is 1. The minimum atomic E-state index is -0.219. The van der Waals surface area contributed by atoms with Gasteiger partial charge in [0.15, 0.2) is 5.13 Å². The van der Waals surface area contributed by atoms with Crippen molar-refractivity contribution in [3.05, 3.63) is 35.1 Å². The summed E-state index contributed by atoms with van der Waals surface area (Å²) < 4.78 is 15.6. The topological polar surface area (TPSA) is 29.9 Å². The van der Waals surface area contributed by atoms with Crippen molar-refractivity contribution in [2.75, 3.05) is 12.4 Å². The van der Waals surface area contributed by atoms with Crippen LogP contribution in [0.4, 0.5) is 9.52 Å². The zero-order chi connectivity index (χ0) is 13.6. The standard InChI is InChI=1S/C14H14FN3S/c1-8-13(11-7-19-14(16-2)17-11)10-6-9(15)4-5-12(10)18(8)3/h4-7H,1-3H3,(H,16,17). The Labute approximate surface area is 114 Å². The van der Waals surface area contributed by atoms with Gasteiger partial charge in [0.1, 0.15) is 5.82 Å². The van der Waals surface area contributed by atoms with Crippen LogP contribution in [0.25, 0.3) is 22.2 Å². The molecule has 3 nitrogen and oxygen atoms in total. The molecule has 3 aromatic rings. The average molecular weight is 275 g/mol. The largest absolute Gasteiger partial charge is 0.365 e. The predicted molar refractivity (Wildman–Crippen MR) is 78.3 cm³/mol. The van der Waals surface area contributed by atoms with E-state index < -0.39 is 0 Å². The lowest BCUT2D eigenvalue weighted by Crippen LogP contribution is -1.91. The Balaban J connectivity index is 2.33. The third-order valence-corrected chi connectivity index (χ3v) is 4.29. The summed E-state index contributed by atoms with van der Waals surface area (Å²) in [5.41, 5.74) is 4.01. The third-order valence-electron chi connectivity index (χ3n) is 3.43. The molecule has 2 aromatic heterocycles. The molecule has 3 rings (SSSR count). The molecule has 0 aliphatic carbocycles. The van der Waals surface area contributed by atoms with E-state index in [0.717, 1.165) is 33.0 Å². The maximum Gasteiger partial charge on any atom is 0.182 e. The lowest BCUT2D eigenvalue weighted by atomic mass is 10.1. The number of nitrogens with one attached hydrogen (secondary N) is 1. The van der Waals surface area contributed by atoms with Gasteiger partial charge in [-0.1, -0.05) is 0 Å². The fourth-order valence-corrected chi connectivity index (χ4v) is 3.03. The first kappa shape index (κ1) is 12.2. The quantitative estimate of drug-likeness (QED) is 0.771. The van der Waals surface area contributed by atoms with Crippen LogP contribution in [0.2, 0.25) is 0 Å². The van der Waals surface area contributed by atoms with Crippen LogP contribution in [-0.2, 0) is 7.05 Å². The van der Waals surface area contributed by atoms with E-state index in [2.05, 4.69) is 14.9 Å². The minimum Gasteiger partial charge on any atom is -0.365 e. The van der Waals surface area contributed by atoms with Crippen LogP contribution in [0, 0.1) is 12.7 Å². The average Bonchev–Trinajstić information content (AvgIpc) is 2.94. The third kappa shape index (κ3) is 1.81. The second-order valence-electron chi connectivity index (χ2n) is 4.47. The molecule has 0 atom stereocenters. The van der Waals surface area contributed by atoms with E-state index in [1.54, 1.807) is 17.4 Å². The lowest BCUT2D eigenvalue weighted by Gasteiger charge is -1.99. The second-order valence-corrected chi connectivity index (χ2v) is 5.33. The van der Waals surface area contributed by atoms with E-state index in [9.17, 15) is 4.39 Å². The van der Waals surface area contributed by atoms with Crippen molar-refractivity contribution in [3.8, 4) is 11.3 Å². The number of nitrogens with zero attached hydrogens (tertiary/aromatic N) is 2. The highest BCUT2D eigenvalue weighted by atomic mass is 32.1. The van der Waals surface area contributed by atoms with Crippen molar-refractivity contribution < 1.29 is 4.39 Å². The fourth-order valence-electron chi connectivity index (χ4n) is 2.37. The van der Waals surface area contributed by atoms with Gasteiger partial charge in [-0.2, -0.15) is 0 Å². The molecule has 0 unspecified atom stereocenters. The molecule has 0 fully saturated rings. The lowest BCUT2D eigenvalue weighted by molar-refractivity contribution is 0.629. The van der Waals surface area contributed by atoms with Crippen LogP contribution in [-0.4, -0.2) is 16.6 Å². The SMILES string of the molecule is CNc1nc(-c2c(C)n(C)c3ccc(F)cc23)cs1. The van der Waals surface area contributed by atoms with Gasteiger partial charge in [0.2, 0.25) is 0 Å². The highest BCUT2D eigenvalue weighted by Crippen LogP contribution is 2.35. The Kier molecular flexibility index (Phi) is 2.78. The number of rotatable bonds is 2. The van der Waals surface area contributed by atoms with Gasteiger partial charge in [0, 0.05) is 41.6 Å². The molecule has 19 heavy (non-hydrogen) atoms. The molecule has 0 aliphatic heterocycles. The molecule has 0 amide bonds. The van der Waals surface area contributed by atoms with E-state index in [4.69, 9.17) is 0 Å². The molecule has 0 bridgehead atoms. The van der Waals surface area contributed by atoms with Crippen LogP contribution in [0.1, 0.15) is 5.69 Å². The molecule has 0 aliphatic rings. The van der Waals surface area contributed by atoms with Gasteiger partial charge in [0.25, 0.3) is 0 Å². The van der Waals surface area contributed by atoms with Crippen molar-refractivity contribution in [2.24, 2.45) is 7.05 Å². The zero-order valence-electron chi connectivity index (χ0n) is 11.0. The maximum atomic E-state index is 13.5. The smallest absolute Gasteiger partial charge is 0.182 e. The van der Waals surface area contributed by atoms with Gasteiger partial charge >= 0.3 is 0 Å². The first-order valence-corrected chi connectivity index (χ1v) is 6.88. The highest BCUT2D eigenvalue weighted by Gasteiger charge is 2.16. The molecule has 1 aromatic carbocycles. The van der Waals surface area contributed by atoms with Gasteiger partial charge in [-0.15, -0.1) is 11.3 Å². The summed E-state index contributed by atoms with van der Waals surface area (Å²) in [4.78, 5) is 4.52. The molecule has 0 saturated heterocycles. The summed E-state index contributed by atoms with van der Waals surface area (Å²) in [6.07, 6.45) is 0. The van der Waals surface area contributed by atoms with Crippen molar-refractivity contribution >= 4 is 27.4 Å². The Bertz CT molecular complexity index is 757. The first-order chi connectivity index (χ1) is 9.11. The van der Waals surface area contributed by atoms with Crippen LogP contribution in [0.15, 0.2) is 23.6 Å². The van der Waals surface area contributed by atoms with Crippen LogP contribution in [0.5, 0.6) is 0 Å². The fraction of sp³-hybridized carbons (Fsp3) is 0.214. The summed E-state index contributed by atoms with van der Waals surface area (Å²) in [5, 5.41) is 6.80. The molecular weight excluding hydrogens is 261 g/mol. The first-order valence-electron chi connectivity index (χ1n) is 6.00. The van der Waals surface area contributed by atoms with Gasteiger partial charge < -0.3 is 9.88 Å². The van der Waals surface area contributed by atoms with Gasteiger partial charge in [0.05, 0.1) is 5.69 Å². The van der Waals surface area contributed by atoms with Gasteiger partial charge in [-0.05, 0) is 25.1 Å². The summed E-state index contributed by atoms with van der Waals surface area (Å²) in [6.45, 7) is 2.03. The molecule has 0 radical (unpaired) electrons. The zero-order valence-corrected chi connectivity index (χ0v) is 11.8. The normalized spacial score (nSPS) is 11.2. The Morgan fingerprint density at radius 1 is 1.37 bits per heavy atom. The van der Waals surface area contributed by atoms with Gasteiger partial charge in [-0.25, -0.2) is 9.37 Å². The predicted octanol–water partition coefficient (Wildman–Crippen LogP) is 3.79. The van der Waals surface area contributed by atoms with Crippen molar-refractivity contribution in [1.82, 2.24) is 9.55 Å². The van der Waals surface area contributed by atoms with Crippen LogP contribution >= 0.6 is 11.3 Å². The van der Waals surface area contributed by atoms with E-state index in [0.29, 0.717) is 0 Å². The molecular formula is C14H14FN3S. The molecule has 5 heteroatoms. The minimum absolute atomic E-state index is 0.219. The molecule has 1 N–H and O–H groups in total. The Morgan fingerprint density at radius 2 is 2.16 bits per heavy atom. The number of halogens is 1. The maximum absolute atomic E-state index is 13.5. The van der Waals surface area contributed by atoms with Crippen LogP contribution < -0.4 is 5.32 Å². The van der Waals surface area contributed by atoms with Crippen LogP contribution in [0.3, 0.4) is 0 Å². The number of hydrogen-bond donors (Lipinski definition) is 1. The molecule has 0 spiro atoms.